The van der Waals surface area contributed by atoms with E-state index in [-0.39, 0.29) is 6.29 Å². The largest absolute Gasteiger partial charge is 0.350 e. The van der Waals surface area contributed by atoms with E-state index in [1.54, 1.807) is 0 Å². The number of hydrogen-bond acceptors (Lipinski definition) is 2. The Kier molecular flexibility index (Phi) is 12.1. The van der Waals surface area contributed by atoms with Gasteiger partial charge in [-0.15, -0.1) is 6.58 Å². The maximum Gasteiger partial charge on any atom is 0.157 e. The Morgan fingerprint density at radius 2 is 1.15 bits per heavy atom. The van der Waals surface area contributed by atoms with Crippen LogP contribution in [0.1, 0.15) is 83.5 Å². The van der Waals surface area contributed by atoms with Crippen molar-refractivity contribution in [3.05, 3.63) is 12.7 Å². The van der Waals surface area contributed by atoms with Gasteiger partial charge < -0.3 is 9.47 Å². The van der Waals surface area contributed by atoms with E-state index in [2.05, 4.69) is 6.58 Å². The van der Waals surface area contributed by atoms with Crippen LogP contribution in [0.4, 0.5) is 0 Å². The molecular formula is C18H34O2. The van der Waals surface area contributed by atoms with Crippen molar-refractivity contribution in [3.8, 4) is 0 Å². The van der Waals surface area contributed by atoms with Gasteiger partial charge >= 0.3 is 0 Å². The molecule has 1 aliphatic rings. The second-order valence-electron chi connectivity index (χ2n) is 5.93. The van der Waals surface area contributed by atoms with Gasteiger partial charge in [-0.3, -0.25) is 0 Å². The zero-order chi connectivity index (χ0) is 14.3. The lowest BCUT2D eigenvalue weighted by atomic mass is 10.0. The highest BCUT2D eigenvalue weighted by atomic mass is 16.7. The van der Waals surface area contributed by atoms with E-state index < -0.39 is 0 Å². The van der Waals surface area contributed by atoms with Crippen LogP contribution in [0.15, 0.2) is 12.7 Å². The Balaban J connectivity index is 1.67. The van der Waals surface area contributed by atoms with E-state index in [1.165, 1.54) is 77.0 Å². The first-order valence-electron chi connectivity index (χ1n) is 8.77. The predicted molar refractivity (Wildman–Crippen MR) is 85.9 cm³/mol. The highest BCUT2D eigenvalue weighted by Crippen LogP contribution is 2.15. The molecule has 0 aromatic heterocycles. The van der Waals surface area contributed by atoms with Crippen LogP contribution >= 0.6 is 0 Å². The minimum Gasteiger partial charge on any atom is -0.350 e. The van der Waals surface area contributed by atoms with Crippen molar-refractivity contribution in [2.75, 3.05) is 13.2 Å². The van der Waals surface area contributed by atoms with Gasteiger partial charge in [-0.1, -0.05) is 63.9 Å². The average molecular weight is 282 g/mol. The van der Waals surface area contributed by atoms with Crippen molar-refractivity contribution in [3.63, 3.8) is 0 Å². The molecule has 2 heteroatoms. The molecule has 0 radical (unpaired) electrons. The van der Waals surface area contributed by atoms with Crippen LogP contribution in [0, 0.1) is 0 Å². The van der Waals surface area contributed by atoms with Crippen LogP contribution in [-0.2, 0) is 9.47 Å². The molecule has 0 N–H and O–H groups in total. The van der Waals surface area contributed by atoms with Crippen LogP contribution in [0.25, 0.3) is 0 Å². The first-order valence-corrected chi connectivity index (χ1v) is 8.77. The fourth-order valence-corrected chi connectivity index (χ4v) is 2.76. The molecule has 1 fully saturated rings. The van der Waals surface area contributed by atoms with E-state index in [4.69, 9.17) is 9.47 Å². The van der Waals surface area contributed by atoms with Gasteiger partial charge in [0, 0.05) is 0 Å². The number of hydrogen-bond donors (Lipinski definition) is 0. The molecule has 0 amide bonds. The van der Waals surface area contributed by atoms with Crippen LogP contribution < -0.4 is 0 Å². The molecule has 0 spiro atoms. The Morgan fingerprint density at radius 1 is 0.700 bits per heavy atom. The second kappa shape index (κ2) is 13.6. The lowest BCUT2D eigenvalue weighted by molar-refractivity contribution is -0.0480. The van der Waals surface area contributed by atoms with E-state index in [1.807, 2.05) is 6.08 Å². The van der Waals surface area contributed by atoms with Gasteiger partial charge in [-0.05, 0) is 25.7 Å². The summed E-state index contributed by atoms with van der Waals surface area (Å²) in [5.41, 5.74) is 0. The van der Waals surface area contributed by atoms with E-state index >= 15 is 0 Å². The first kappa shape index (κ1) is 17.7. The Hall–Kier alpha value is -0.340. The Bertz CT molecular complexity index is 209. The minimum atomic E-state index is 0.107. The normalized spacial score (nSPS) is 15.8. The van der Waals surface area contributed by atoms with Gasteiger partial charge in [0.05, 0.1) is 13.2 Å². The Morgan fingerprint density at radius 3 is 1.65 bits per heavy atom. The van der Waals surface area contributed by atoms with Gasteiger partial charge in [0.15, 0.2) is 6.29 Å². The summed E-state index contributed by atoms with van der Waals surface area (Å²) < 4.78 is 10.9. The van der Waals surface area contributed by atoms with Crippen molar-refractivity contribution in [2.24, 2.45) is 0 Å². The summed E-state index contributed by atoms with van der Waals surface area (Å²) in [7, 11) is 0. The molecule has 1 heterocycles. The maximum absolute atomic E-state index is 5.43. The van der Waals surface area contributed by atoms with E-state index in [9.17, 15) is 0 Å². The molecule has 1 rings (SSSR count). The Labute approximate surface area is 125 Å². The predicted octanol–water partition coefficient (Wildman–Crippen LogP) is 5.62. The number of allylic oxidation sites excluding steroid dienone is 1. The summed E-state index contributed by atoms with van der Waals surface area (Å²) in [5, 5.41) is 0. The molecule has 0 aromatic rings. The van der Waals surface area contributed by atoms with Crippen LogP contribution in [0.2, 0.25) is 0 Å². The third-order valence-corrected chi connectivity index (χ3v) is 4.04. The molecule has 1 saturated heterocycles. The molecule has 118 valence electrons. The van der Waals surface area contributed by atoms with Crippen LogP contribution in [0.3, 0.4) is 0 Å². The van der Waals surface area contributed by atoms with Crippen molar-refractivity contribution >= 4 is 0 Å². The summed E-state index contributed by atoms with van der Waals surface area (Å²) in [5.74, 6) is 0. The van der Waals surface area contributed by atoms with Crippen molar-refractivity contribution in [1.29, 1.82) is 0 Å². The fourth-order valence-electron chi connectivity index (χ4n) is 2.76. The summed E-state index contributed by atoms with van der Waals surface area (Å²) in [6, 6.07) is 0. The van der Waals surface area contributed by atoms with Crippen molar-refractivity contribution < 1.29 is 9.47 Å². The molecule has 20 heavy (non-hydrogen) atoms. The molecule has 2 nitrogen and oxygen atoms in total. The quantitative estimate of drug-likeness (QED) is 0.304. The number of unbranched alkanes of at least 4 members (excludes halogenated alkanes) is 11. The van der Waals surface area contributed by atoms with Crippen LogP contribution in [0.5, 0.6) is 0 Å². The third-order valence-electron chi connectivity index (χ3n) is 4.04. The lowest BCUT2D eigenvalue weighted by Crippen LogP contribution is -2.06. The topological polar surface area (TPSA) is 18.5 Å². The lowest BCUT2D eigenvalue weighted by Gasteiger charge is -2.08. The highest BCUT2D eigenvalue weighted by Gasteiger charge is 2.14. The summed E-state index contributed by atoms with van der Waals surface area (Å²) in [6.45, 7) is 5.34. The van der Waals surface area contributed by atoms with E-state index in [0.29, 0.717) is 0 Å². The monoisotopic (exact) mass is 282 g/mol. The zero-order valence-corrected chi connectivity index (χ0v) is 13.3. The van der Waals surface area contributed by atoms with Gasteiger partial charge in [0.2, 0.25) is 0 Å². The zero-order valence-electron chi connectivity index (χ0n) is 13.3. The number of rotatable bonds is 14. The average Bonchev–Trinajstić information content (AvgIpc) is 2.97. The van der Waals surface area contributed by atoms with Crippen molar-refractivity contribution in [1.82, 2.24) is 0 Å². The molecule has 0 atom stereocenters. The van der Waals surface area contributed by atoms with Gasteiger partial charge in [0.1, 0.15) is 0 Å². The smallest absolute Gasteiger partial charge is 0.157 e. The molecule has 0 aromatic carbocycles. The molecular weight excluding hydrogens is 248 g/mol. The standard InChI is InChI=1S/C18H34O2/c1-2-3-4-5-6-7-8-9-10-11-12-13-14-15-18-19-16-17-20-18/h2,18H,1,3-17H2. The molecule has 0 bridgehead atoms. The SMILES string of the molecule is C=CCCCCCCCCCCCCCC1OCCO1. The minimum absolute atomic E-state index is 0.107. The van der Waals surface area contributed by atoms with E-state index in [0.717, 1.165) is 19.6 Å². The van der Waals surface area contributed by atoms with Crippen LogP contribution in [-0.4, -0.2) is 19.5 Å². The third kappa shape index (κ3) is 10.4. The summed E-state index contributed by atoms with van der Waals surface area (Å²) in [6.07, 6.45) is 19.6. The van der Waals surface area contributed by atoms with Gasteiger partial charge in [0.25, 0.3) is 0 Å². The highest BCUT2D eigenvalue weighted by molar-refractivity contribution is 4.65. The first-order chi connectivity index (χ1) is 9.93. The number of ether oxygens (including phenoxy) is 2. The molecule has 0 unspecified atom stereocenters. The van der Waals surface area contributed by atoms with Crippen molar-refractivity contribution in [2.45, 2.75) is 89.8 Å². The maximum atomic E-state index is 5.43. The second-order valence-corrected chi connectivity index (χ2v) is 5.93. The summed E-state index contributed by atoms with van der Waals surface area (Å²) >= 11 is 0. The fraction of sp³-hybridized carbons (Fsp3) is 0.889. The van der Waals surface area contributed by atoms with Gasteiger partial charge in [-0.25, -0.2) is 0 Å². The van der Waals surface area contributed by atoms with Gasteiger partial charge in [-0.2, -0.15) is 0 Å². The molecule has 0 aliphatic carbocycles. The summed E-state index contributed by atoms with van der Waals surface area (Å²) in [4.78, 5) is 0. The molecule has 1 aliphatic heterocycles. The molecule has 0 saturated carbocycles.